The van der Waals surface area contributed by atoms with Crippen LogP contribution in [-0.2, 0) is 17.8 Å². The minimum Gasteiger partial charge on any atom is -0.480 e. The number of aryl methyl sites for hydroxylation is 1. The smallest absolute Gasteiger partial charge is 0.326 e. The third-order valence-corrected chi connectivity index (χ3v) is 4.89. The van der Waals surface area contributed by atoms with E-state index < -0.39 is 17.9 Å². The van der Waals surface area contributed by atoms with Gasteiger partial charge >= 0.3 is 5.97 Å². The molecule has 0 bridgehead atoms. The number of aromatic nitrogens is 2. The summed E-state index contributed by atoms with van der Waals surface area (Å²) in [4.78, 5) is 41.3. The van der Waals surface area contributed by atoms with Gasteiger partial charge in [-0.25, -0.2) is 9.78 Å². The Morgan fingerprint density at radius 2 is 2.04 bits per heavy atom. The average Bonchev–Trinajstić information content (AvgIpc) is 2.86. The zero-order valence-electron chi connectivity index (χ0n) is 15.7. The fourth-order valence-corrected chi connectivity index (χ4v) is 3.49. The van der Waals surface area contributed by atoms with Crippen LogP contribution < -0.4 is 10.9 Å². The van der Waals surface area contributed by atoms with Crippen molar-refractivity contribution in [1.29, 1.82) is 0 Å². The van der Waals surface area contributed by atoms with Crippen molar-refractivity contribution >= 4 is 22.8 Å². The molecule has 2 heterocycles. The van der Waals surface area contributed by atoms with Crippen LogP contribution in [0.25, 0.3) is 10.9 Å². The molecule has 1 aliphatic rings. The molecule has 2 N–H and O–H groups in total. The first-order valence-electron chi connectivity index (χ1n) is 9.44. The molecule has 7 nitrogen and oxygen atoms in total. The molecule has 7 heteroatoms. The third kappa shape index (κ3) is 4.18. The van der Waals surface area contributed by atoms with Crippen LogP contribution in [0.3, 0.4) is 0 Å². The molecule has 1 aliphatic heterocycles. The summed E-state index contributed by atoms with van der Waals surface area (Å²) < 4.78 is 1.73. The topological polar surface area (TPSA) is 101 Å². The van der Waals surface area contributed by atoms with E-state index in [-0.39, 0.29) is 11.5 Å². The van der Waals surface area contributed by atoms with Crippen LogP contribution in [0.4, 0.5) is 0 Å². The van der Waals surface area contributed by atoms with Gasteiger partial charge in [-0.05, 0) is 43.4 Å². The van der Waals surface area contributed by atoms with Crippen LogP contribution in [0.15, 0.2) is 23.0 Å². The van der Waals surface area contributed by atoms with Crippen molar-refractivity contribution in [3.05, 3.63) is 39.9 Å². The first-order chi connectivity index (χ1) is 12.9. The quantitative estimate of drug-likeness (QED) is 0.840. The van der Waals surface area contributed by atoms with E-state index in [2.05, 4.69) is 10.3 Å². The van der Waals surface area contributed by atoms with Crippen LogP contribution >= 0.6 is 0 Å². The fourth-order valence-electron chi connectivity index (χ4n) is 3.49. The number of carboxylic acids is 1. The SMILES string of the molecule is CC(C)C[C@@H](NC(=O)c1ccc2c(=O)n3c(nc2c1)CCCCC3)C(=O)O. The van der Waals surface area contributed by atoms with Gasteiger partial charge in [0.15, 0.2) is 0 Å². The van der Waals surface area contributed by atoms with E-state index in [4.69, 9.17) is 0 Å². The number of carbonyl (C=O) groups is 2. The van der Waals surface area contributed by atoms with Gasteiger partial charge in [0.2, 0.25) is 0 Å². The number of benzene rings is 1. The highest BCUT2D eigenvalue weighted by molar-refractivity contribution is 5.99. The summed E-state index contributed by atoms with van der Waals surface area (Å²) in [6.45, 7) is 4.48. The number of aliphatic carboxylic acids is 1. The Hall–Kier alpha value is -2.70. The van der Waals surface area contributed by atoms with Crippen LogP contribution in [0, 0.1) is 5.92 Å². The molecule has 144 valence electrons. The molecule has 0 aliphatic carbocycles. The lowest BCUT2D eigenvalue weighted by molar-refractivity contribution is -0.139. The van der Waals surface area contributed by atoms with Crippen molar-refractivity contribution in [2.24, 2.45) is 5.92 Å². The molecule has 0 radical (unpaired) electrons. The minimum absolute atomic E-state index is 0.0768. The van der Waals surface area contributed by atoms with E-state index >= 15 is 0 Å². The number of carboxylic acid groups (broad SMARTS) is 1. The Bertz CT molecular complexity index is 933. The normalized spacial score (nSPS) is 15.2. The number of hydrogen-bond acceptors (Lipinski definition) is 4. The number of rotatable bonds is 5. The summed E-state index contributed by atoms with van der Waals surface area (Å²) in [5.41, 5.74) is 0.714. The van der Waals surface area contributed by atoms with Crippen molar-refractivity contribution in [3.63, 3.8) is 0 Å². The Morgan fingerprint density at radius 1 is 1.26 bits per heavy atom. The second kappa shape index (κ2) is 7.90. The van der Waals surface area contributed by atoms with Gasteiger partial charge in [-0.1, -0.05) is 20.3 Å². The average molecular weight is 371 g/mol. The number of fused-ring (bicyclic) bond motifs is 2. The second-order valence-corrected chi connectivity index (χ2v) is 7.52. The zero-order valence-corrected chi connectivity index (χ0v) is 15.7. The zero-order chi connectivity index (χ0) is 19.6. The van der Waals surface area contributed by atoms with Crippen molar-refractivity contribution in [3.8, 4) is 0 Å². The lowest BCUT2D eigenvalue weighted by Gasteiger charge is -2.16. The molecule has 0 saturated heterocycles. The third-order valence-electron chi connectivity index (χ3n) is 4.89. The van der Waals surface area contributed by atoms with Gasteiger partial charge in [-0.2, -0.15) is 0 Å². The van der Waals surface area contributed by atoms with Gasteiger partial charge in [0.1, 0.15) is 11.9 Å². The summed E-state index contributed by atoms with van der Waals surface area (Å²) in [7, 11) is 0. The van der Waals surface area contributed by atoms with Crippen molar-refractivity contribution < 1.29 is 14.7 Å². The Labute approximate surface area is 157 Å². The van der Waals surface area contributed by atoms with E-state index in [1.165, 1.54) is 0 Å². The molecule has 0 spiro atoms. The van der Waals surface area contributed by atoms with Crippen LogP contribution in [-0.4, -0.2) is 32.6 Å². The van der Waals surface area contributed by atoms with Gasteiger partial charge in [0.25, 0.3) is 11.5 Å². The summed E-state index contributed by atoms with van der Waals surface area (Å²) in [6.07, 6.45) is 4.12. The molecule has 1 aromatic heterocycles. The summed E-state index contributed by atoms with van der Waals surface area (Å²) >= 11 is 0. The minimum atomic E-state index is -1.06. The molecule has 1 aromatic carbocycles. The van der Waals surface area contributed by atoms with Gasteiger partial charge < -0.3 is 10.4 Å². The Balaban J connectivity index is 1.93. The number of amides is 1. The molecule has 3 rings (SSSR count). The highest BCUT2D eigenvalue weighted by Crippen LogP contribution is 2.17. The van der Waals surface area contributed by atoms with Gasteiger partial charge in [0, 0.05) is 18.5 Å². The van der Waals surface area contributed by atoms with E-state index in [1.807, 2.05) is 13.8 Å². The largest absolute Gasteiger partial charge is 0.480 e. The fraction of sp³-hybridized carbons (Fsp3) is 0.500. The van der Waals surface area contributed by atoms with E-state index in [0.717, 1.165) is 31.5 Å². The number of nitrogens with zero attached hydrogens (tertiary/aromatic N) is 2. The molecular formula is C20H25N3O4. The maximum atomic E-state index is 12.7. The number of carbonyl (C=O) groups excluding carboxylic acids is 1. The summed E-state index contributed by atoms with van der Waals surface area (Å²) in [5, 5.41) is 12.4. The molecular weight excluding hydrogens is 346 g/mol. The maximum absolute atomic E-state index is 12.7. The molecule has 0 unspecified atom stereocenters. The lowest BCUT2D eigenvalue weighted by Crippen LogP contribution is -2.41. The lowest BCUT2D eigenvalue weighted by atomic mass is 10.0. The Kier molecular flexibility index (Phi) is 5.58. The van der Waals surface area contributed by atoms with Crippen LogP contribution in [0.1, 0.15) is 55.7 Å². The van der Waals surface area contributed by atoms with Gasteiger partial charge in [-0.15, -0.1) is 0 Å². The number of nitrogens with one attached hydrogen (secondary N) is 1. The van der Waals surface area contributed by atoms with E-state index in [1.54, 1.807) is 22.8 Å². The summed E-state index contributed by atoms with van der Waals surface area (Å²) in [6, 6.07) is 3.79. The highest BCUT2D eigenvalue weighted by atomic mass is 16.4. The standard InChI is InChI=1S/C20H25N3O4/c1-12(2)10-16(20(26)27)22-18(24)13-7-8-14-15(11-13)21-17-6-4-3-5-9-23(17)19(14)25/h7-8,11-12,16H,3-6,9-10H2,1-2H3,(H,22,24)(H,26,27)/t16-/m1/s1. The van der Waals surface area contributed by atoms with Crippen molar-refractivity contribution in [1.82, 2.24) is 14.9 Å². The van der Waals surface area contributed by atoms with E-state index in [0.29, 0.717) is 29.4 Å². The van der Waals surface area contributed by atoms with Crippen LogP contribution in [0.2, 0.25) is 0 Å². The Morgan fingerprint density at radius 3 is 2.74 bits per heavy atom. The molecule has 0 fully saturated rings. The molecule has 27 heavy (non-hydrogen) atoms. The summed E-state index contributed by atoms with van der Waals surface area (Å²) in [5.74, 6) is -0.632. The van der Waals surface area contributed by atoms with Crippen LogP contribution in [0.5, 0.6) is 0 Å². The highest BCUT2D eigenvalue weighted by Gasteiger charge is 2.22. The molecule has 2 aromatic rings. The molecule has 1 atom stereocenters. The van der Waals surface area contributed by atoms with Crippen molar-refractivity contribution in [2.45, 2.75) is 58.5 Å². The maximum Gasteiger partial charge on any atom is 0.326 e. The first-order valence-corrected chi connectivity index (χ1v) is 9.44. The van der Waals surface area contributed by atoms with E-state index in [9.17, 15) is 19.5 Å². The van der Waals surface area contributed by atoms with Gasteiger partial charge in [0.05, 0.1) is 10.9 Å². The number of hydrogen-bond donors (Lipinski definition) is 2. The predicted octanol–water partition coefficient (Wildman–Crippen LogP) is 2.35. The van der Waals surface area contributed by atoms with Crippen molar-refractivity contribution in [2.75, 3.05) is 0 Å². The predicted molar refractivity (Wildman–Crippen MR) is 102 cm³/mol. The monoisotopic (exact) mass is 371 g/mol. The van der Waals surface area contributed by atoms with Gasteiger partial charge in [-0.3, -0.25) is 14.2 Å². The molecule has 0 saturated carbocycles. The second-order valence-electron chi connectivity index (χ2n) is 7.52. The molecule has 1 amide bonds. The first kappa shape index (κ1) is 19.1.